The number of ether oxygens (including phenoxy) is 2. The Morgan fingerprint density at radius 1 is 1.18 bits per heavy atom. The minimum Gasteiger partial charge on any atom is -0.465 e. The number of hydrogen-bond donors (Lipinski definition) is 1. The van der Waals surface area contributed by atoms with Gasteiger partial charge in [0.2, 0.25) is 0 Å². The highest BCUT2D eigenvalue weighted by atomic mass is 32.1. The van der Waals surface area contributed by atoms with E-state index in [1.54, 1.807) is 11.3 Å². The maximum absolute atomic E-state index is 12.5. The van der Waals surface area contributed by atoms with Crippen LogP contribution in [0, 0.1) is 0 Å². The summed E-state index contributed by atoms with van der Waals surface area (Å²) in [5.41, 5.74) is 1.74. The number of thiocarbonyl (C=S) groups is 1. The van der Waals surface area contributed by atoms with Crippen LogP contribution in [0.3, 0.4) is 0 Å². The molecular formula is C19H25N3O4S2. The van der Waals surface area contributed by atoms with Gasteiger partial charge >= 0.3 is 5.97 Å². The number of carbonyl (C=O) groups excluding carboxylic acids is 2. The Labute approximate surface area is 174 Å². The first-order valence-corrected chi connectivity index (χ1v) is 11.0. The van der Waals surface area contributed by atoms with Crippen molar-refractivity contribution in [3.8, 4) is 0 Å². The molecule has 2 saturated heterocycles. The average molecular weight is 424 g/mol. The quantitative estimate of drug-likeness (QED) is 0.589. The van der Waals surface area contributed by atoms with Crippen LogP contribution >= 0.6 is 23.6 Å². The van der Waals surface area contributed by atoms with E-state index in [1.165, 1.54) is 12.0 Å². The summed E-state index contributed by atoms with van der Waals surface area (Å²) in [5.74, 6) is -0.213. The van der Waals surface area contributed by atoms with Gasteiger partial charge in [-0.05, 0) is 49.9 Å². The van der Waals surface area contributed by atoms with E-state index in [0.717, 1.165) is 42.7 Å². The fraction of sp³-hybridized carbons (Fsp3) is 0.632. The number of fused-ring (bicyclic) bond motifs is 1. The lowest BCUT2D eigenvalue weighted by Crippen LogP contribution is -2.53. The topological polar surface area (TPSA) is 71.1 Å². The summed E-state index contributed by atoms with van der Waals surface area (Å²) in [7, 11) is 1.41. The number of piperazine rings is 1. The molecule has 0 aromatic carbocycles. The Morgan fingerprint density at radius 2 is 1.93 bits per heavy atom. The molecule has 3 heterocycles. The molecule has 1 aromatic rings. The summed E-state index contributed by atoms with van der Waals surface area (Å²) in [6, 6.07) is 0. The zero-order valence-corrected chi connectivity index (χ0v) is 17.6. The number of aryl methyl sites for hydroxylation is 1. The van der Waals surface area contributed by atoms with Crippen LogP contribution in [0.1, 0.15) is 40.1 Å². The zero-order chi connectivity index (χ0) is 19.7. The second kappa shape index (κ2) is 8.34. The molecule has 9 heteroatoms. The van der Waals surface area contributed by atoms with Crippen LogP contribution in [0.2, 0.25) is 0 Å². The molecule has 4 rings (SSSR count). The number of esters is 1. The predicted molar refractivity (Wildman–Crippen MR) is 111 cm³/mol. The molecule has 0 spiro atoms. The lowest BCUT2D eigenvalue weighted by Gasteiger charge is -2.37. The first-order valence-electron chi connectivity index (χ1n) is 9.77. The van der Waals surface area contributed by atoms with Crippen LogP contribution < -0.4 is 5.32 Å². The number of carbonyl (C=O) groups is 2. The van der Waals surface area contributed by atoms with Gasteiger partial charge in [0.25, 0.3) is 5.91 Å². The molecule has 3 aliphatic rings. The van der Waals surface area contributed by atoms with Crippen LogP contribution in [0.4, 0.5) is 5.00 Å². The number of nitrogens with one attached hydrogen (secondary N) is 1. The van der Waals surface area contributed by atoms with E-state index in [2.05, 4.69) is 10.2 Å². The second-order valence-electron chi connectivity index (χ2n) is 7.30. The van der Waals surface area contributed by atoms with E-state index in [4.69, 9.17) is 21.7 Å². The van der Waals surface area contributed by atoms with Gasteiger partial charge in [0.15, 0.2) is 5.11 Å². The van der Waals surface area contributed by atoms with Gasteiger partial charge in [0.05, 0.1) is 12.7 Å². The first kappa shape index (κ1) is 19.6. The van der Waals surface area contributed by atoms with Crippen molar-refractivity contribution in [3.05, 3.63) is 16.0 Å². The fourth-order valence-corrected chi connectivity index (χ4v) is 5.72. The lowest BCUT2D eigenvalue weighted by atomic mass is 10.1. The highest BCUT2D eigenvalue weighted by Gasteiger charge is 2.32. The van der Waals surface area contributed by atoms with E-state index in [-0.39, 0.29) is 18.0 Å². The zero-order valence-electron chi connectivity index (χ0n) is 16.0. The molecule has 7 nitrogen and oxygen atoms in total. The Kier molecular flexibility index (Phi) is 5.84. The Morgan fingerprint density at radius 3 is 2.61 bits per heavy atom. The van der Waals surface area contributed by atoms with E-state index in [1.807, 2.05) is 4.90 Å². The van der Waals surface area contributed by atoms with Crippen molar-refractivity contribution in [2.75, 3.05) is 45.2 Å². The number of thiophene rings is 1. The number of rotatable bonds is 3. The number of methoxy groups -OCH3 is 1. The van der Waals surface area contributed by atoms with Crippen LogP contribution in [0.15, 0.2) is 0 Å². The van der Waals surface area contributed by atoms with Crippen LogP contribution in [0.5, 0.6) is 0 Å². The third-order valence-corrected chi connectivity index (χ3v) is 7.18. The van der Waals surface area contributed by atoms with E-state index in [0.29, 0.717) is 43.5 Å². The molecule has 1 unspecified atom stereocenters. The van der Waals surface area contributed by atoms with Crippen LogP contribution in [-0.4, -0.2) is 72.8 Å². The maximum Gasteiger partial charge on any atom is 0.341 e. The molecule has 152 valence electrons. The third kappa shape index (κ3) is 3.75. The van der Waals surface area contributed by atoms with E-state index < -0.39 is 0 Å². The molecule has 0 saturated carbocycles. The molecule has 0 radical (unpaired) electrons. The Bertz CT molecular complexity index is 780. The minimum absolute atomic E-state index is 0.0960. The summed E-state index contributed by atoms with van der Waals surface area (Å²) >= 11 is 7.20. The lowest BCUT2D eigenvalue weighted by molar-refractivity contribution is -0.142. The third-order valence-electron chi connectivity index (χ3n) is 5.61. The summed E-state index contributed by atoms with van der Waals surface area (Å²) in [5, 5.41) is 4.64. The van der Waals surface area contributed by atoms with Gasteiger partial charge in [0.1, 0.15) is 11.1 Å². The summed E-state index contributed by atoms with van der Waals surface area (Å²) in [6.07, 6.45) is 4.50. The molecular weight excluding hydrogens is 398 g/mol. The highest BCUT2D eigenvalue weighted by molar-refractivity contribution is 7.80. The molecule has 1 N–H and O–H groups in total. The van der Waals surface area contributed by atoms with Crippen LogP contribution in [0.25, 0.3) is 0 Å². The van der Waals surface area contributed by atoms with Crippen molar-refractivity contribution in [2.45, 2.75) is 38.2 Å². The van der Waals surface area contributed by atoms with Crippen molar-refractivity contribution >= 4 is 45.5 Å². The largest absolute Gasteiger partial charge is 0.465 e. The number of hydrogen-bond acceptors (Lipinski definition) is 6. The van der Waals surface area contributed by atoms with E-state index in [9.17, 15) is 9.59 Å². The smallest absolute Gasteiger partial charge is 0.341 e. The highest BCUT2D eigenvalue weighted by Crippen LogP contribution is 2.39. The molecule has 1 aliphatic carbocycles. The van der Waals surface area contributed by atoms with Gasteiger partial charge < -0.3 is 24.6 Å². The van der Waals surface area contributed by atoms with Crippen molar-refractivity contribution in [3.63, 3.8) is 0 Å². The predicted octanol–water partition coefficient (Wildman–Crippen LogP) is 2.04. The van der Waals surface area contributed by atoms with E-state index >= 15 is 0 Å². The summed E-state index contributed by atoms with van der Waals surface area (Å²) in [6.45, 7) is 3.28. The maximum atomic E-state index is 12.5. The number of amides is 1. The standard InChI is InChI=1S/C19H25N3O4S2/c1-25-18(24)15-12-4-2-6-14(12)28-16(15)20-19(27)22-9-7-21(8-10-22)17(23)13-5-3-11-26-13/h13H,2-11H2,1H3,(H,20,27). The van der Waals surface area contributed by atoms with Gasteiger partial charge in [-0.15, -0.1) is 11.3 Å². The molecule has 28 heavy (non-hydrogen) atoms. The van der Waals surface area contributed by atoms with Crippen molar-refractivity contribution in [2.24, 2.45) is 0 Å². The number of nitrogens with zero attached hydrogens (tertiary/aromatic N) is 2. The molecule has 1 aromatic heterocycles. The fourth-order valence-electron chi connectivity index (χ4n) is 4.09. The van der Waals surface area contributed by atoms with Gasteiger partial charge in [-0.25, -0.2) is 4.79 Å². The minimum atomic E-state index is -0.309. The molecule has 0 bridgehead atoms. The van der Waals surface area contributed by atoms with Crippen molar-refractivity contribution in [1.29, 1.82) is 0 Å². The summed E-state index contributed by atoms with van der Waals surface area (Å²) in [4.78, 5) is 29.9. The SMILES string of the molecule is COC(=O)c1c(NC(=S)N2CCN(C(=O)C3CCCO3)CC2)sc2c1CCC2. The monoisotopic (exact) mass is 423 g/mol. The molecule has 2 fully saturated rings. The Balaban J connectivity index is 1.38. The summed E-state index contributed by atoms with van der Waals surface area (Å²) < 4.78 is 10.5. The molecule has 2 aliphatic heterocycles. The normalized spacial score (nSPS) is 21.5. The number of anilines is 1. The van der Waals surface area contributed by atoms with Crippen LogP contribution in [-0.2, 0) is 27.1 Å². The molecule has 1 amide bonds. The van der Waals surface area contributed by atoms with Gasteiger partial charge in [-0.1, -0.05) is 0 Å². The van der Waals surface area contributed by atoms with Gasteiger partial charge in [0, 0.05) is 37.7 Å². The van der Waals surface area contributed by atoms with Gasteiger partial charge in [-0.2, -0.15) is 0 Å². The van der Waals surface area contributed by atoms with Crippen molar-refractivity contribution in [1.82, 2.24) is 9.80 Å². The van der Waals surface area contributed by atoms with Crippen molar-refractivity contribution < 1.29 is 19.1 Å². The first-order chi connectivity index (χ1) is 13.6. The Hall–Kier alpha value is -1.71. The second-order valence-corrected chi connectivity index (χ2v) is 8.79. The average Bonchev–Trinajstić information content (AvgIpc) is 3.44. The van der Waals surface area contributed by atoms with Gasteiger partial charge in [-0.3, -0.25) is 4.79 Å². The molecule has 1 atom stereocenters.